The molecule has 1 aromatic carbocycles. The van der Waals surface area contributed by atoms with Crippen LogP contribution in [0.1, 0.15) is 5.56 Å². The summed E-state index contributed by atoms with van der Waals surface area (Å²) in [6, 6.07) is 6.52. The molecule has 2 aromatic rings. The molecule has 0 saturated heterocycles. The smallest absolute Gasteiger partial charge is 0.0361 e. The van der Waals surface area contributed by atoms with Crippen LogP contribution < -0.4 is 5.73 Å². The molecule has 68 valence electrons. The zero-order chi connectivity index (χ0) is 9.26. The van der Waals surface area contributed by atoms with Gasteiger partial charge in [-0.15, -0.1) is 11.3 Å². The van der Waals surface area contributed by atoms with Gasteiger partial charge in [0.1, 0.15) is 0 Å². The van der Waals surface area contributed by atoms with Gasteiger partial charge in [0.05, 0.1) is 0 Å². The van der Waals surface area contributed by atoms with Gasteiger partial charge in [-0.2, -0.15) is 0 Å². The molecule has 0 aliphatic heterocycles. The highest BCUT2D eigenvalue weighted by molar-refractivity contribution is 9.10. The van der Waals surface area contributed by atoms with Crippen LogP contribution in [0.15, 0.2) is 28.1 Å². The summed E-state index contributed by atoms with van der Waals surface area (Å²) in [7, 11) is 0. The molecule has 0 aliphatic rings. The molecule has 1 aromatic heterocycles. The molecule has 2 rings (SSSR count). The van der Waals surface area contributed by atoms with Crippen LogP contribution in [0.3, 0.4) is 0 Å². The van der Waals surface area contributed by atoms with Crippen molar-refractivity contribution in [1.29, 1.82) is 0 Å². The fourth-order valence-corrected chi connectivity index (χ4v) is 3.00. The van der Waals surface area contributed by atoms with Crippen molar-refractivity contribution in [3.8, 4) is 0 Å². The van der Waals surface area contributed by atoms with Crippen LogP contribution in [0.25, 0.3) is 10.1 Å². The molecular weight excluding hydrogens is 246 g/mol. The maximum Gasteiger partial charge on any atom is 0.0361 e. The van der Waals surface area contributed by atoms with Crippen molar-refractivity contribution in [3.63, 3.8) is 0 Å². The summed E-state index contributed by atoms with van der Waals surface area (Å²) in [5.41, 5.74) is 6.83. The van der Waals surface area contributed by atoms with Crippen LogP contribution in [0.2, 0.25) is 0 Å². The molecule has 3 heteroatoms. The summed E-state index contributed by atoms with van der Waals surface area (Å²) in [6.45, 7) is 0.720. The van der Waals surface area contributed by atoms with Crippen LogP contribution >= 0.6 is 27.3 Å². The predicted molar refractivity (Wildman–Crippen MR) is 62.3 cm³/mol. The van der Waals surface area contributed by atoms with E-state index in [4.69, 9.17) is 5.73 Å². The number of thiophene rings is 1. The van der Waals surface area contributed by atoms with Crippen LogP contribution in [-0.2, 0) is 6.42 Å². The first kappa shape index (κ1) is 9.19. The molecule has 2 N–H and O–H groups in total. The third-order valence-corrected chi connectivity index (χ3v) is 3.93. The van der Waals surface area contributed by atoms with E-state index in [1.54, 1.807) is 11.3 Å². The van der Waals surface area contributed by atoms with Gasteiger partial charge in [-0.3, -0.25) is 0 Å². The van der Waals surface area contributed by atoms with E-state index in [9.17, 15) is 0 Å². The quantitative estimate of drug-likeness (QED) is 0.877. The summed E-state index contributed by atoms with van der Waals surface area (Å²) >= 11 is 5.28. The minimum absolute atomic E-state index is 0.720. The third kappa shape index (κ3) is 1.77. The average molecular weight is 256 g/mol. The lowest BCUT2D eigenvalue weighted by Gasteiger charge is -1.98. The Hall–Kier alpha value is -0.380. The molecule has 0 bridgehead atoms. The normalized spacial score (nSPS) is 10.9. The van der Waals surface area contributed by atoms with Gasteiger partial charge in [-0.05, 0) is 40.5 Å². The van der Waals surface area contributed by atoms with Gasteiger partial charge in [-0.25, -0.2) is 0 Å². The first-order valence-corrected chi connectivity index (χ1v) is 5.84. The number of nitrogens with two attached hydrogens (primary N) is 1. The molecular formula is C10H10BrNS. The first-order valence-electron chi connectivity index (χ1n) is 4.17. The zero-order valence-corrected chi connectivity index (χ0v) is 9.49. The van der Waals surface area contributed by atoms with Crippen molar-refractivity contribution in [3.05, 3.63) is 33.6 Å². The second kappa shape index (κ2) is 3.78. The molecule has 0 radical (unpaired) electrons. The van der Waals surface area contributed by atoms with Crippen molar-refractivity contribution >= 4 is 37.4 Å². The van der Waals surface area contributed by atoms with E-state index >= 15 is 0 Å². The van der Waals surface area contributed by atoms with E-state index in [0.29, 0.717) is 0 Å². The maximum atomic E-state index is 5.50. The van der Waals surface area contributed by atoms with Crippen molar-refractivity contribution in [2.45, 2.75) is 6.42 Å². The number of rotatable bonds is 2. The van der Waals surface area contributed by atoms with E-state index in [-0.39, 0.29) is 0 Å². The summed E-state index contributed by atoms with van der Waals surface area (Å²) in [6.07, 6.45) is 0.964. The Balaban J connectivity index is 2.50. The predicted octanol–water partition coefficient (Wildman–Crippen LogP) is 3.17. The van der Waals surface area contributed by atoms with Crippen LogP contribution in [0.4, 0.5) is 0 Å². The second-order valence-electron chi connectivity index (χ2n) is 2.95. The Morgan fingerprint density at radius 1 is 1.38 bits per heavy atom. The standard InChI is InChI=1S/C10H10BrNS/c11-9-6-13-10-5-7(3-4-12)1-2-8(9)10/h1-2,5-6H,3-4,12H2. The van der Waals surface area contributed by atoms with E-state index in [1.807, 2.05) is 0 Å². The fourth-order valence-electron chi connectivity index (χ4n) is 1.36. The largest absolute Gasteiger partial charge is 0.330 e. The van der Waals surface area contributed by atoms with E-state index < -0.39 is 0 Å². The Bertz CT molecular complexity index is 422. The lowest BCUT2D eigenvalue weighted by atomic mass is 10.1. The number of hydrogen-bond acceptors (Lipinski definition) is 2. The Morgan fingerprint density at radius 3 is 3.00 bits per heavy atom. The van der Waals surface area contributed by atoms with Gasteiger partial charge in [0, 0.05) is 19.9 Å². The molecule has 13 heavy (non-hydrogen) atoms. The molecule has 1 heterocycles. The van der Waals surface area contributed by atoms with Gasteiger partial charge >= 0.3 is 0 Å². The molecule has 0 amide bonds. The summed E-state index contributed by atoms with van der Waals surface area (Å²) < 4.78 is 2.52. The van der Waals surface area contributed by atoms with E-state index in [2.05, 4.69) is 39.5 Å². The van der Waals surface area contributed by atoms with Gasteiger partial charge in [0.15, 0.2) is 0 Å². The lowest BCUT2D eigenvalue weighted by Crippen LogP contribution is -2.02. The molecule has 0 aliphatic carbocycles. The van der Waals surface area contributed by atoms with Crippen LogP contribution in [0.5, 0.6) is 0 Å². The molecule has 1 nitrogen and oxygen atoms in total. The highest BCUT2D eigenvalue weighted by Crippen LogP contribution is 2.30. The number of halogens is 1. The first-order chi connectivity index (χ1) is 6.31. The molecule has 0 unspecified atom stereocenters. The van der Waals surface area contributed by atoms with Crippen LogP contribution in [-0.4, -0.2) is 6.54 Å². The highest BCUT2D eigenvalue weighted by atomic mass is 79.9. The third-order valence-electron chi connectivity index (χ3n) is 2.03. The number of fused-ring (bicyclic) bond motifs is 1. The average Bonchev–Trinajstić information content (AvgIpc) is 2.48. The van der Waals surface area contributed by atoms with E-state index in [0.717, 1.165) is 13.0 Å². The summed E-state index contributed by atoms with van der Waals surface area (Å²) in [5, 5.41) is 3.42. The van der Waals surface area contributed by atoms with E-state index in [1.165, 1.54) is 20.1 Å². The Morgan fingerprint density at radius 2 is 2.23 bits per heavy atom. The maximum absolute atomic E-state index is 5.50. The van der Waals surface area contributed by atoms with Crippen LogP contribution in [0, 0.1) is 0 Å². The second-order valence-corrected chi connectivity index (χ2v) is 4.72. The summed E-state index contributed by atoms with van der Waals surface area (Å²) in [5.74, 6) is 0. The van der Waals surface area contributed by atoms with Gasteiger partial charge in [-0.1, -0.05) is 12.1 Å². The van der Waals surface area contributed by atoms with Gasteiger partial charge in [0.25, 0.3) is 0 Å². The Labute approximate surface area is 89.7 Å². The van der Waals surface area contributed by atoms with Crippen molar-refractivity contribution < 1.29 is 0 Å². The Kier molecular flexibility index (Phi) is 2.67. The molecule has 0 spiro atoms. The number of benzene rings is 1. The van der Waals surface area contributed by atoms with Gasteiger partial charge in [0.2, 0.25) is 0 Å². The van der Waals surface area contributed by atoms with Crippen molar-refractivity contribution in [2.75, 3.05) is 6.54 Å². The zero-order valence-electron chi connectivity index (χ0n) is 7.09. The van der Waals surface area contributed by atoms with Crippen molar-refractivity contribution in [1.82, 2.24) is 0 Å². The molecule has 0 fully saturated rings. The topological polar surface area (TPSA) is 26.0 Å². The monoisotopic (exact) mass is 255 g/mol. The minimum Gasteiger partial charge on any atom is -0.330 e. The number of hydrogen-bond donors (Lipinski definition) is 1. The lowest BCUT2D eigenvalue weighted by molar-refractivity contribution is 0.971. The SMILES string of the molecule is NCCc1ccc2c(Br)csc2c1. The molecule has 0 saturated carbocycles. The highest BCUT2D eigenvalue weighted by Gasteiger charge is 2.01. The molecule has 0 atom stereocenters. The van der Waals surface area contributed by atoms with Crippen molar-refractivity contribution in [2.24, 2.45) is 5.73 Å². The summed E-state index contributed by atoms with van der Waals surface area (Å²) in [4.78, 5) is 0. The minimum atomic E-state index is 0.720. The van der Waals surface area contributed by atoms with Gasteiger partial charge < -0.3 is 5.73 Å². The fraction of sp³-hybridized carbons (Fsp3) is 0.200.